The van der Waals surface area contributed by atoms with Gasteiger partial charge in [0.25, 0.3) is 5.56 Å². The van der Waals surface area contributed by atoms with E-state index >= 15 is 0 Å². The Bertz CT molecular complexity index is 1260. The van der Waals surface area contributed by atoms with E-state index in [0.29, 0.717) is 11.2 Å². The first kappa shape index (κ1) is 18.3. The maximum absolute atomic E-state index is 13.2. The molecule has 0 fully saturated rings. The first-order valence-electron chi connectivity index (χ1n) is 9.23. The van der Waals surface area contributed by atoms with Crippen molar-refractivity contribution < 1.29 is 9.47 Å². The Kier molecular flexibility index (Phi) is 4.77. The summed E-state index contributed by atoms with van der Waals surface area (Å²) in [4.78, 5) is 18.0. The fourth-order valence-corrected chi connectivity index (χ4v) is 5.16. The van der Waals surface area contributed by atoms with E-state index in [1.165, 1.54) is 22.5 Å². The fourth-order valence-electron chi connectivity index (χ4n) is 3.31. The van der Waals surface area contributed by atoms with Gasteiger partial charge in [0.1, 0.15) is 4.70 Å². The average molecular weight is 423 g/mol. The summed E-state index contributed by atoms with van der Waals surface area (Å²) >= 11 is 3.03. The number of thiophene rings is 1. The molecule has 0 spiro atoms. The largest absolute Gasteiger partial charge is 0.454 e. The van der Waals surface area contributed by atoms with Crippen molar-refractivity contribution in [2.45, 2.75) is 24.4 Å². The number of hydrogen-bond donors (Lipinski definition) is 0. The molecule has 0 aliphatic carbocycles. The van der Waals surface area contributed by atoms with Gasteiger partial charge in [-0.15, -0.1) is 11.3 Å². The Morgan fingerprint density at radius 3 is 2.90 bits per heavy atom. The first-order chi connectivity index (χ1) is 14.2. The smallest absolute Gasteiger partial charge is 0.272 e. The standard InChI is InChI=1S/C22H18N2O3S2/c1-14-4-2-3-5-16(14)12-29-22-23-17-8-9-28-20(17)21(25)24(22)11-15-6-7-18-19(10-15)27-13-26-18/h2-10H,11-13H2,1H3. The van der Waals surface area contributed by atoms with E-state index in [2.05, 4.69) is 19.1 Å². The predicted molar refractivity (Wildman–Crippen MR) is 116 cm³/mol. The minimum absolute atomic E-state index is 0.00468. The topological polar surface area (TPSA) is 53.4 Å². The molecule has 3 heterocycles. The third-order valence-corrected chi connectivity index (χ3v) is 6.84. The molecule has 2 aromatic carbocycles. The van der Waals surface area contributed by atoms with Crippen LogP contribution in [0.15, 0.2) is 63.9 Å². The van der Waals surface area contributed by atoms with Gasteiger partial charge in [-0.25, -0.2) is 4.98 Å². The molecule has 1 aliphatic rings. The molecule has 0 atom stereocenters. The van der Waals surface area contributed by atoms with E-state index in [9.17, 15) is 4.79 Å². The number of fused-ring (bicyclic) bond motifs is 2. The third-order valence-electron chi connectivity index (χ3n) is 4.93. The van der Waals surface area contributed by atoms with Crippen molar-refractivity contribution in [2.75, 3.05) is 6.79 Å². The highest BCUT2D eigenvalue weighted by molar-refractivity contribution is 7.98. The number of hydrogen-bond acceptors (Lipinski definition) is 6. The summed E-state index contributed by atoms with van der Waals surface area (Å²) in [6.45, 7) is 2.77. The first-order valence-corrected chi connectivity index (χ1v) is 11.1. The van der Waals surface area contributed by atoms with Crippen molar-refractivity contribution in [3.63, 3.8) is 0 Å². The number of rotatable bonds is 5. The molecule has 4 aromatic rings. The maximum Gasteiger partial charge on any atom is 0.272 e. The van der Waals surface area contributed by atoms with E-state index in [1.54, 1.807) is 16.3 Å². The minimum atomic E-state index is -0.00468. The van der Waals surface area contributed by atoms with Crippen molar-refractivity contribution in [3.8, 4) is 11.5 Å². The molecule has 0 radical (unpaired) electrons. The molecule has 0 N–H and O–H groups in total. The molecular weight excluding hydrogens is 404 g/mol. The quantitative estimate of drug-likeness (QED) is 0.340. The number of ether oxygens (including phenoxy) is 2. The Labute approximate surface area is 175 Å². The Morgan fingerprint density at radius 1 is 1.14 bits per heavy atom. The monoisotopic (exact) mass is 422 g/mol. The zero-order chi connectivity index (χ0) is 19.8. The molecular formula is C22H18N2O3S2. The van der Waals surface area contributed by atoms with Gasteiger partial charge >= 0.3 is 0 Å². The van der Waals surface area contributed by atoms with Gasteiger partial charge in [0.15, 0.2) is 16.7 Å². The van der Waals surface area contributed by atoms with Crippen LogP contribution in [0.2, 0.25) is 0 Å². The number of nitrogens with zero attached hydrogens (tertiary/aromatic N) is 2. The highest BCUT2D eigenvalue weighted by atomic mass is 32.2. The van der Waals surface area contributed by atoms with Gasteiger partial charge in [-0.05, 0) is 47.2 Å². The van der Waals surface area contributed by atoms with E-state index in [1.807, 2.05) is 41.8 Å². The third kappa shape index (κ3) is 3.52. The predicted octanol–water partition coefficient (Wildman–Crippen LogP) is 4.84. The van der Waals surface area contributed by atoms with Crippen LogP contribution in [-0.2, 0) is 12.3 Å². The van der Waals surface area contributed by atoms with Crippen LogP contribution in [0.5, 0.6) is 11.5 Å². The van der Waals surface area contributed by atoms with E-state index in [4.69, 9.17) is 14.5 Å². The molecule has 5 nitrogen and oxygen atoms in total. The molecule has 5 rings (SSSR count). The normalized spacial score (nSPS) is 12.6. The molecule has 146 valence electrons. The lowest BCUT2D eigenvalue weighted by Crippen LogP contribution is -2.23. The lowest BCUT2D eigenvalue weighted by atomic mass is 10.1. The summed E-state index contributed by atoms with van der Waals surface area (Å²) in [5.74, 6) is 2.22. The summed E-state index contributed by atoms with van der Waals surface area (Å²) < 4.78 is 13.3. The number of aryl methyl sites for hydroxylation is 1. The zero-order valence-electron chi connectivity index (χ0n) is 15.8. The molecule has 1 aliphatic heterocycles. The van der Waals surface area contributed by atoms with Gasteiger partial charge in [-0.3, -0.25) is 9.36 Å². The van der Waals surface area contributed by atoms with E-state index in [-0.39, 0.29) is 12.4 Å². The fraction of sp³-hybridized carbons (Fsp3) is 0.182. The van der Waals surface area contributed by atoms with Crippen LogP contribution in [-0.4, -0.2) is 16.3 Å². The molecule has 0 bridgehead atoms. The Morgan fingerprint density at radius 2 is 2.00 bits per heavy atom. The van der Waals surface area contributed by atoms with E-state index < -0.39 is 0 Å². The van der Waals surface area contributed by atoms with Crippen LogP contribution in [0.3, 0.4) is 0 Å². The summed E-state index contributed by atoms with van der Waals surface area (Å²) in [5.41, 5.74) is 4.21. The van der Waals surface area contributed by atoms with Gasteiger partial charge in [0.05, 0.1) is 12.1 Å². The van der Waals surface area contributed by atoms with Crippen molar-refractivity contribution >= 4 is 33.3 Å². The van der Waals surface area contributed by atoms with Crippen LogP contribution in [0.25, 0.3) is 10.2 Å². The van der Waals surface area contributed by atoms with Crippen LogP contribution in [0.4, 0.5) is 0 Å². The second kappa shape index (κ2) is 7.57. The number of benzene rings is 2. The summed E-state index contributed by atoms with van der Waals surface area (Å²) in [7, 11) is 0. The SMILES string of the molecule is Cc1ccccc1CSc1nc2ccsc2c(=O)n1Cc1ccc2c(c1)OCO2. The van der Waals surface area contributed by atoms with E-state index in [0.717, 1.165) is 33.5 Å². The lowest BCUT2D eigenvalue weighted by Gasteiger charge is -2.13. The molecule has 0 amide bonds. The van der Waals surface area contributed by atoms with Crippen LogP contribution in [0, 0.1) is 6.92 Å². The highest BCUT2D eigenvalue weighted by Crippen LogP contribution is 2.33. The highest BCUT2D eigenvalue weighted by Gasteiger charge is 2.17. The lowest BCUT2D eigenvalue weighted by molar-refractivity contribution is 0.174. The molecule has 0 saturated heterocycles. The minimum Gasteiger partial charge on any atom is -0.454 e. The van der Waals surface area contributed by atoms with Gasteiger partial charge < -0.3 is 9.47 Å². The zero-order valence-corrected chi connectivity index (χ0v) is 17.4. The summed E-state index contributed by atoms with van der Waals surface area (Å²) in [6.07, 6.45) is 0. The number of thioether (sulfide) groups is 1. The molecule has 29 heavy (non-hydrogen) atoms. The molecule has 7 heteroatoms. The van der Waals surface area contributed by atoms with Crippen LogP contribution >= 0.6 is 23.1 Å². The molecule has 0 unspecified atom stereocenters. The van der Waals surface area contributed by atoms with Crippen molar-refractivity contribution in [1.82, 2.24) is 9.55 Å². The molecule has 0 saturated carbocycles. The van der Waals surface area contributed by atoms with Gasteiger partial charge in [0.2, 0.25) is 6.79 Å². The van der Waals surface area contributed by atoms with Gasteiger partial charge in [-0.2, -0.15) is 0 Å². The van der Waals surface area contributed by atoms with Crippen LogP contribution in [0.1, 0.15) is 16.7 Å². The summed E-state index contributed by atoms with van der Waals surface area (Å²) in [6, 6.07) is 16.0. The van der Waals surface area contributed by atoms with Crippen molar-refractivity contribution in [1.29, 1.82) is 0 Å². The number of aromatic nitrogens is 2. The Balaban J connectivity index is 1.52. The molecule has 2 aromatic heterocycles. The average Bonchev–Trinajstić information content (AvgIpc) is 3.38. The summed E-state index contributed by atoms with van der Waals surface area (Å²) in [5, 5.41) is 2.64. The second-order valence-corrected chi connectivity index (χ2v) is 8.68. The van der Waals surface area contributed by atoms with Crippen molar-refractivity contribution in [3.05, 3.63) is 81.0 Å². The van der Waals surface area contributed by atoms with Crippen LogP contribution < -0.4 is 15.0 Å². The van der Waals surface area contributed by atoms with Crippen molar-refractivity contribution in [2.24, 2.45) is 0 Å². The second-order valence-electron chi connectivity index (χ2n) is 6.82. The van der Waals surface area contributed by atoms with Gasteiger partial charge in [-0.1, -0.05) is 42.1 Å². The van der Waals surface area contributed by atoms with Gasteiger partial charge in [0, 0.05) is 5.75 Å². The Hall–Kier alpha value is -2.77. The maximum atomic E-state index is 13.2.